The number of aromatic nitrogens is 2. The van der Waals surface area contributed by atoms with E-state index in [1.807, 2.05) is 7.05 Å². The number of anilines is 2. The number of hydrogen-bond acceptors (Lipinski definition) is 4. The minimum absolute atomic E-state index is 0.409. The highest BCUT2D eigenvalue weighted by molar-refractivity contribution is 14.1. The molecule has 96 valence electrons. The van der Waals surface area contributed by atoms with E-state index in [0.717, 1.165) is 34.1 Å². The van der Waals surface area contributed by atoms with Gasteiger partial charge in [-0.2, -0.15) is 4.98 Å². The molecule has 0 saturated carbocycles. The zero-order valence-electron chi connectivity index (χ0n) is 11.2. The third-order valence-corrected chi connectivity index (χ3v) is 3.76. The molecule has 0 amide bonds. The molecular formula is C12H21IN4. The predicted octanol–water partition coefficient (Wildman–Crippen LogP) is 3.09. The Labute approximate surface area is 117 Å². The Balaban J connectivity index is 3.28. The molecule has 1 rings (SSSR count). The van der Waals surface area contributed by atoms with Crippen LogP contribution in [0, 0.1) is 3.57 Å². The zero-order valence-corrected chi connectivity index (χ0v) is 13.4. The van der Waals surface area contributed by atoms with Crippen molar-refractivity contribution in [3.8, 4) is 0 Å². The first kappa shape index (κ1) is 14.5. The van der Waals surface area contributed by atoms with Crippen LogP contribution in [0.1, 0.15) is 39.3 Å². The van der Waals surface area contributed by atoms with E-state index >= 15 is 0 Å². The fourth-order valence-electron chi connectivity index (χ4n) is 1.65. The third-order valence-electron chi connectivity index (χ3n) is 2.70. The van der Waals surface area contributed by atoms with Gasteiger partial charge in [0.2, 0.25) is 5.95 Å². The summed E-state index contributed by atoms with van der Waals surface area (Å²) in [6, 6.07) is 0. The van der Waals surface area contributed by atoms with Crippen LogP contribution >= 0.6 is 22.6 Å². The van der Waals surface area contributed by atoms with Crippen LogP contribution in [-0.4, -0.2) is 30.1 Å². The Hall–Kier alpha value is -0.590. The maximum Gasteiger partial charge on any atom is 0.227 e. The monoisotopic (exact) mass is 348 g/mol. The summed E-state index contributed by atoms with van der Waals surface area (Å²) in [7, 11) is 1.90. The summed E-state index contributed by atoms with van der Waals surface area (Å²) in [5.41, 5.74) is 1.12. The molecule has 0 atom stereocenters. The quantitative estimate of drug-likeness (QED) is 0.831. The van der Waals surface area contributed by atoms with E-state index in [2.05, 4.69) is 70.5 Å². The lowest BCUT2D eigenvalue weighted by Gasteiger charge is -2.21. The lowest BCUT2D eigenvalue weighted by molar-refractivity contribution is 0.769. The summed E-state index contributed by atoms with van der Waals surface area (Å²) in [5, 5.41) is 3.15. The molecule has 1 N–H and O–H groups in total. The van der Waals surface area contributed by atoms with Crippen molar-refractivity contribution in [3.05, 3.63) is 9.26 Å². The molecular weight excluding hydrogens is 327 g/mol. The predicted molar refractivity (Wildman–Crippen MR) is 81.9 cm³/mol. The van der Waals surface area contributed by atoms with Crippen molar-refractivity contribution < 1.29 is 0 Å². The first-order chi connectivity index (χ1) is 8.04. The standard InChI is InChI=1S/C12H21IN4/c1-6-17(7-2)12-15-10(8(3)4)9(13)11(14-5)16-12/h8H,6-7H2,1-5H3,(H,14,15,16). The molecule has 5 heteroatoms. The van der Waals surface area contributed by atoms with Gasteiger partial charge in [0.05, 0.1) is 9.26 Å². The average Bonchev–Trinajstić information content (AvgIpc) is 2.31. The molecule has 0 aromatic carbocycles. The van der Waals surface area contributed by atoms with Gasteiger partial charge in [0.25, 0.3) is 0 Å². The van der Waals surface area contributed by atoms with Crippen LogP contribution in [0.2, 0.25) is 0 Å². The summed E-state index contributed by atoms with van der Waals surface area (Å²) < 4.78 is 1.12. The molecule has 0 aliphatic carbocycles. The molecule has 4 nitrogen and oxygen atoms in total. The summed E-state index contributed by atoms with van der Waals surface area (Å²) in [4.78, 5) is 11.4. The molecule has 0 saturated heterocycles. The van der Waals surface area contributed by atoms with Crippen molar-refractivity contribution in [3.63, 3.8) is 0 Å². The molecule has 0 spiro atoms. The van der Waals surface area contributed by atoms with Gasteiger partial charge >= 0.3 is 0 Å². The maximum absolute atomic E-state index is 4.69. The van der Waals surface area contributed by atoms with Gasteiger partial charge in [-0.3, -0.25) is 0 Å². The van der Waals surface area contributed by atoms with E-state index < -0.39 is 0 Å². The smallest absolute Gasteiger partial charge is 0.227 e. The number of hydrogen-bond donors (Lipinski definition) is 1. The van der Waals surface area contributed by atoms with Crippen molar-refractivity contribution in [1.29, 1.82) is 0 Å². The molecule has 17 heavy (non-hydrogen) atoms. The SMILES string of the molecule is CCN(CC)c1nc(NC)c(I)c(C(C)C)n1. The van der Waals surface area contributed by atoms with E-state index in [1.54, 1.807) is 0 Å². The van der Waals surface area contributed by atoms with Gasteiger partial charge in [-0.1, -0.05) is 13.8 Å². The van der Waals surface area contributed by atoms with E-state index in [1.165, 1.54) is 0 Å². The minimum Gasteiger partial charge on any atom is -0.372 e. The summed E-state index contributed by atoms with van der Waals surface area (Å²) >= 11 is 2.31. The summed E-state index contributed by atoms with van der Waals surface area (Å²) in [6.45, 7) is 10.4. The largest absolute Gasteiger partial charge is 0.372 e. The van der Waals surface area contributed by atoms with E-state index in [9.17, 15) is 0 Å². The zero-order chi connectivity index (χ0) is 13.0. The first-order valence-electron chi connectivity index (χ1n) is 6.05. The summed E-state index contributed by atoms with van der Waals surface area (Å²) in [6.07, 6.45) is 0. The Bertz CT molecular complexity index is 375. The van der Waals surface area contributed by atoms with Crippen LogP contribution in [0.3, 0.4) is 0 Å². The third kappa shape index (κ3) is 3.20. The normalized spacial score (nSPS) is 10.8. The number of nitrogens with zero attached hydrogens (tertiary/aromatic N) is 3. The van der Waals surface area contributed by atoms with E-state index in [0.29, 0.717) is 5.92 Å². The second-order valence-corrected chi connectivity index (χ2v) is 5.23. The molecule has 1 aromatic rings. The van der Waals surface area contributed by atoms with Crippen LogP contribution in [0.5, 0.6) is 0 Å². The lowest BCUT2D eigenvalue weighted by Crippen LogP contribution is -2.25. The van der Waals surface area contributed by atoms with Crippen molar-refractivity contribution in [2.45, 2.75) is 33.6 Å². The van der Waals surface area contributed by atoms with Crippen LogP contribution in [0.15, 0.2) is 0 Å². The molecule has 0 radical (unpaired) electrons. The Morgan fingerprint density at radius 3 is 2.24 bits per heavy atom. The highest BCUT2D eigenvalue weighted by Gasteiger charge is 2.16. The Morgan fingerprint density at radius 1 is 1.24 bits per heavy atom. The van der Waals surface area contributed by atoms with Crippen LogP contribution in [0.25, 0.3) is 0 Å². The van der Waals surface area contributed by atoms with E-state index in [4.69, 9.17) is 0 Å². The van der Waals surface area contributed by atoms with Gasteiger partial charge in [-0.05, 0) is 42.4 Å². The topological polar surface area (TPSA) is 41.1 Å². The Morgan fingerprint density at radius 2 is 1.82 bits per heavy atom. The van der Waals surface area contributed by atoms with Crippen molar-refractivity contribution in [2.24, 2.45) is 0 Å². The highest BCUT2D eigenvalue weighted by atomic mass is 127. The maximum atomic E-state index is 4.69. The minimum atomic E-state index is 0.409. The van der Waals surface area contributed by atoms with Crippen molar-refractivity contribution in [1.82, 2.24) is 9.97 Å². The highest BCUT2D eigenvalue weighted by Crippen LogP contribution is 2.27. The van der Waals surface area contributed by atoms with Gasteiger partial charge in [0, 0.05) is 20.1 Å². The van der Waals surface area contributed by atoms with Gasteiger partial charge in [0.1, 0.15) is 5.82 Å². The van der Waals surface area contributed by atoms with Crippen LogP contribution < -0.4 is 10.2 Å². The molecule has 0 aliphatic rings. The van der Waals surface area contributed by atoms with Gasteiger partial charge in [-0.15, -0.1) is 0 Å². The Kier molecular flexibility index (Phi) is 5.42. The first-order valence-corrected chi connectivity index (χ1v) is 7.13. The fraction of sp³-hybridized carbons (Fsp3) is 0.667. The van der Waals surface area contributed by atoms with Crippen LogP contribution in [0.4, 0.5) is 11.8 Å². The second kappa shape index (κ2) is 6.37. The van der Waals surface area contributed by atoms with Gasteiger partial charge < -0.3 is 10.2 Å². The van der Waals surface area contributed by atoms with Gasteiger partial charge in [-0.25, -0.2) is 4.98 Å². The lowest BCUT2D eigenvalue weighted by atomic mass is 10.1. The van der Waals surface area contributed by atoms with Crippen molar-refractivity contribution in [2.75, 3.05) is 30.4 Å². The molecule has 1 heterocycles. The van der Waals surface area contributed by atoms with Gasteiger partial charge in [0.15, 0.2) is 0 Å². The second-order valence-electron chi connectivity index (χ2n) is 4.15. The van der Waals surface area contributed by atoms with Crippen molar-refractivity contribution >= 4 is 34.4 Å². The van der Waals surface area contributed by atoms with Crippen LogP contribution in [-0.2, 0) is 0 Å². The number of nitrogens with one attached hydrogen (secondary N) is 1. The molecule has 0 fully saturated rings. The molecule has 0 aliphatic heterocycles. The fourth-order valence-corrected chi connectivity index (χ4v) is 2.78. The summed E-state index contributed by atoms with van der Waals surface area (Å²) in [5.74, 6) is 2.15. The number of rotatable bonds is 5. The molecule has 1 aromatic heterocycles. The number of halogens is 1. The van der Waals surface area contributed by atoms with E-state index in [-0.39, 0.29) is 0 Å². The molecule has 0 unspecified atom stereocenters. The average molecular weight is 348 g/mol. The molecule has 0 bridgehead atoms.